The Bertz CT molecular complexity index is 846. The molecule has 0 aliphatic carbocycles. The lowest BCUT2D eigenvalue weighted by Gasteiger charge is -2.08. The first-order valence-electron chi connectivity index (χ1n) is 7.29. The van der Waals surface area contributed by atoms with Crippen LogP contribution in [0.4, 0.5) is 10.2 Å². The summed E-state index contributed by atoms with van der Waals surface area (Å²) in [5.74, 6) is 0.207. The Morgan fingerprint density at radius 1 is 1.00 bits per heavy atom. The molecule has 0 aliphatic rings. The molecule has 0 bridgehead atoms. The third-order valence-electron chi connectivity index (χ3n) is 3.44. The first kappa shape index (κ1) is 15.0. The van der Waals surface area contributed by atoms with Gasteiger partial charge < -0.3 is 5.32 Å². The molecule has 1 N–H and O–H groups in total. The minimum absolute atomic E-state index is 0.181. The maximum atomic E-state index is 13.2. The zero-order valence-electron chi connectivity index (χ0n) is 12.4. The fourth-order valence-electron chi connectivity index (χ4n) is 2.26. The molecule has 0 atom stereocenters. The lowest BCUT2D eigenvalue weighted by atomic mass is 10.2. The summed E-state index contributed by atoms with van der Waals surface area (Å²) in [7, 11) is 0. The van der Waals surface area contributed by atoms with E-state index in [9.17, 15) is 9.18 Å². The van der Waals surface area contributed by atoms with E-state index in [4.69, 9.17) is 0 Å². The van der Waals surface area contributed by atoms with Crippen LogP contribution < -0.4 is 10.9 Å². The fraction of sp³-hybridized carbons (Fsp3) is 0.111. The van der Waals surface area contributed by atoms with Gasteiger partial charge in [-0.25, -0.2) is 9.37 Å². The molecule has 0 saturated heterocycles. The van der Waals surface area contributed by atoms with Gasteiger partial charge in [0.1, 0.15) is 18.0 Å². The number of nitrogens with zero attached hydrogens (tertiary/aromatic N) is 2. The van der Waals surface area contributed by atoms with E-state index in [-0.39, 0.29) is 11.4 Å². The molecule has 5 heteroatoms. The molecule has 116 valence electrons. The molecular weight excluding hydrogens is 293 g/mol. The highest BCUT2D eigenvalue weighted by molar-refractivity contribution is 5.33. The summed E-state index contributed by atoms with van der Waals surface area (Å²) in [6, 6.07) is 17.5. The van der Waals surface area contributed by atoms with Crippen molar-refractivity contribution in [1.29, 1.82) is 0 Å². The summed E-state index contributed by atoms with van der Waals surface area (Å²) in [5, 5.41) is 3.12. The van der Waals surface area contributed by atoms with Gasteiger partial charge in [-0.05, 0) is 23.3 Å². The maximum Gasteiger partial charge on any atom is 0.255 e. The molecule has 0 amide bonds. The molecule has 2 aromatic carbocycles. The number of rotatable bonds is 5. The molecule has 0 fully saturated rings. The lowest BCUT2D eigenvalue weighted by Crippen LogP contribution is -2.21. The first-order chi connectivity index (χ1) is 11.2. The van der Waals surface area contributed by atoms with E-state index >= 15 is 0 Å². The number of hydrogen-bond donors (Lipinski definition) is 1. The topological polar surface area (TPSA) is 46.9 Å². The third kappa shape index (κ3) is 4.03. The molecule has 3 rings (SSSR count). The SMILES string of the molecule is O=c1cc(NCc2ccccc2)ncn1Cc1cccc(F)c1. The molecule has 0 unspecified atom stereocenters. The van der Waals surface area contributed by atoms with Gasteiger partial charge in [0.15, 0.2) is 0 Å². The number of anilines is 1. The van der Waals surface area contributed by atoms with Crippen molar-refractivity contribution in [3.05, 3.63) is 94.3 Å². The van der Waals surface area contributed by atoms with Crippen LogP contribution in [0.3, 0.4) is 0 Å². The van der Waals surface area contributed by atoms with Crippen LogP contribution in [0.25, 0.3) is 0 Å². The molecule has 4 nitrogen and oxygen atoms in total. The standard InChI is InChI=1S/C18H16FN3O/c19-16-8-4-7-15(9-16)12-22-13-21-17(10-18(22)23)20-11-14-5-2-1-3-6-14/h1-10,13,20H,11-12H2. The fourth-order valence-corrected chi connectivity index (χ4v) is 2.26. The maximum absolute atomic E-state index is 13.2. The highest BCUT2D eigenvalue weighted by atomic mass is 19.1. The van der Waals surface area contributed by atoms with Crippen molar-refractivity contribution < 1.29 is 4.39 Å². The van der Waals surface area contributed by atoms with Gasteiger partial charge in [-0.2, -0.15) is 0 Å². The number of aromatic nitrogens is 2. The summed E-state index contributed by atoms with van der Waals surface area (Å²) in [6.07, 6.45) is 1.47. The largest absolute Gasteiger partial charge is 0.366 e. The van der Waals surface area contributed by atoms with Crippen LogP contribution in [0.1, 0.15) is 11.1 Å². The average molecular weight is 309 g/mol. The van der Waals surface area contributed by atoms with Crippen molar-refractivity contribution in [2.45, 2.75) is 13.1 Å². The molecule has 0 aliphatic heterocycles. The Kier molecular flexibility index (Phi) is 4.47. The minimum atomic E-state index is -0.315. The van der Waals surface area contributed by atoms with Gasteiger partial charge in [0.05, 0.1) is 6.54 Å². The lowest BCUT2D eigenvalue weighted by molar-refractivity contribution is 0.622. The van der Waals surface area contributed by atoms with Gasteiger partial charge in [0.25, 0.3) is 5.56 Å². The van der Waals surface area contributed by atoms with Crippen molar-refractivity contribution in [1.82, 2.24) is 9.55 Å². The van der Waals surface area contributed by atoms with Crippen molar-refractivity contribution in [3.8, 4) is 0 Å². The average Bonchev–Trinajstić information content (AvgIpc) is 2.56. The summed E-state index contributed by atoms with van der Waals surface area (Å²) in [4.78, 5) is 16.4. The number of nitrogens with one attached hydrogen (secondary N) is 1. The van der Waals surface area contributed by atoms with Gasteiger partial charge in [-0.3, -0.25) is 9.36 Å². The second-order valence-electron chi connectivity index (χ2n) is 5.21. The molecule has 0 spiro atoms. The zero-order valence-corrected chi connectivity index (χ0v) is 12.4. The predicted octanol–water partition coefficient (Wildman–Crippen LogP) is 3.04. The molecule has 3 aromatic rings. The van der Waals surface area contributed by atoms with Crippen LogP contribution in [0, 0.1) is 5.82 Å². The van der Waals surface area contributed by atoms with Gasteiger partial charge in [0.2, 0.25) is 0 Å². The van der Waals surface area contributed by atoms with Gasteiger partial charge in [-0.15, -0.1) is 0 Å². The Morgan fingerprint density at radius 2 is 1.78 bits per heavy atom. The molecule has 1 aromatic heterocycles. The van der Waals surface area contributed by atoms with Crippen LogP contribution in [0.2, 0.25) is 0 Å². The summed E-state index contributed by atoms with van der Waals surface area (Å²) in [5.41, 5.74) is 1.65. The normalized spacial score (nSPS) is 10.5. The molecule has 1 heterocycles. The summed E-state index contributed by atoms with van der Waals surface area (Å²) >= 11 is 0. The van der Waals surface area contributed by atoms with Crippen LogP contribution in [0.15, 0.2) is 71.8 Å². The van der Waals surface area contributed by atoms with Gasteiger partial charge in [-0.1, -0.05) is 42.5 Å². The van der Waals surface area contributed by atoms with E-state index in [1.807, 2.05) is 30.3 Å². The Hall–Kier alpha value is -2.95. The Morgan fingerprint density at radius 3 is 2.52 bits per heavy atom. The van der Waals surface area contributed by atoms with E-state index in [0.717, 1.165) is 11.1 Å². The summed E-state index contributed by atoms with van der Waals surface area (Å²) < 4.78 is 14.6. The molecular formula is C18H16FN3O. The van der Waals surface area contributed by atoms with E-state index in [2.05, 4.69) is 10.3 Å². The highest BCUT2D eigenvalue weighted by Gasteiger charge is 2.02. The molecule has 0 saturated carbocycles. The number of hydrogen-bond acceptors (Lipinski definition) is 3. The van der Waals surface area contributed by atoms with Crippen molar-refractivity contribution in [2.75, 3.05) is 5.32 Å². The molecule has 23 heavy (non-hydrogen) atoms. The van der Waals surface area contributed by atoms with Crippen LogP contribution in [-0.2, 0) is 13.1 Å². The third-order valence-corrected chi connectivity index (χ3v) is 3.44. The number of benzene rings is 2. The van der Waals surface area contributed by atoms with E-state index in [1.54, 1.807) is 12.1 Å². The minimum Gasteiger partial charge on any atom is -0.366 e. The van der Waals surface area contributed by atoms with Crippen LogP contribution in [-0.4, -0.2) is 9.55 Å². The van der Waals surface area contributed by atoms with Crippen molar-refractivity contribution in [3.63, 3.8) is 0 Å². The second-order valence-corrected chi connectivity index (χ2v) is 5.21. The van der Waals surface area contributed by atoms with Crippen LogP contribution in [0.5, 0.6) is 0 Å². The monoisotopic (exact) mass is 309 g/mol. The van der Waals surface area contributed by atoms with Crippen LogP contribution >= 0.6 is 0 Å². The Balaban J connectivity index is 1.69. The Labute approximate surface area is 133 Å². The highest BCUT2D eigenvalue weighted by Crippen LogP contribution is 2.06. The predicted molar refractivity (Wildman–Crippen MR) is 87.8 cm³/mol. The zero-order chi connectivity index (χ0) is 16.1. The van der Waals surface area contributed by atoms with Crippen molar-refractivity contribution in [2.24, 2.45) is 0 Å². The smallest absolute Gasteiger partial charge is 0.255 e. The van der Waals surface area contributed by atoms with Gasteiger partial charge in [0, 0.05) is 12.6 Å². The first-order valence-corrected chi connectivity index (χ1v) is 7.29. The van der Waals surface area contributed by atoms with E-state index in [1.165, 1.54) is 29.1 Å². The molecule has 0 radical (unpaired) electrons. The second kappa shape index (κ2) is 6.87. The summed E-state index contributed by atoms with van der Waals surface area (Å²) in [6.45, 7) is 0.893. The van der Waals surface area contributed by atoms with E-state index in [0.29, 0.717) is 18.9 Å². The van der Waals surface area contributed by atoms with Crippen molar-refractivity contribution >= 4 is 5.82 Å². The van der Waals surface area contributed by atoms with Gasteiger partial charge >= 0.3 is 0 Å². The number of halogens is 1. The van der Waals surface area contributed by atoms with E-state index < -0.39 is 0 Å². The quantitative estimate of drug-likeness (QED) is 0.788.